The molecule has 5 rings (SSSR count). The second-order valence-electron chi connectivity index (χ2n) is 8.08. The molecule has 1 atom stereocenters. The lowest BCUT2D eigenvalue weighted by Crippen LogP contribution is -2.39. The predicted octanol–water partition coefficient (Wildman–Crippen LogP) is 4.99. The number of hydrogen-bond acceptors (Lipinski definition) is 6. The van der Waals surface area contributed by atoms with Crippen LogP contribution in [0.1, 0.15) is 41.6 Å². The van der Waals surface area contributed by atoms with Gasteiger partial charge in [0.2, 0.25) is 17.6 Å². The fourth-order valence-electron chi connectivity index (χ4n) is 4.02. The number of fused-ring (bicyclic) bond motifs is 1. The number of rotatable bonds is 5. The maximum Gasteiger partial charge on any atom is 0.227 e. The van der Waals surface area contributed by atoms with Crippen LogP contribution < -0.4 is 0 Å². The Balaban J connectivity index is 1.20. The van der Waals surface area contributed by atoms with E-state index >= 15 is 0 Å². The minimum Gasteiger partial charge on any atom is -0.342 e. The summed E-state index contributed by atoms with van der Waals surface area (Å²) in [5.41, 5.74) is 3.15. The van der Waals surface area contributed by atoms with Gasteiger partial charge in [0.1, 0.15) is 0 Å². The van der Waals surface area contributed by atoms with Gasteiger partial charge < -0.3 is 9.42 Å². The molecular weight excluding hydrogens is 408 g/mol. The zero-order valence-corrected chi connectivity index (χ0v) is 18.3. The van der Waals surface area contributed by atoms with E-state index in [2.05, 4.69) is 22.3 Å². The van der Waals surface area contributed by atoms with Crippen molar-refractivity contribution in [3.8, 4) is 11.4 Å². The van der Waals surface area contributed by atoms with Crippen molar-refractivity contribution < 1.29 is 9.32 Å². The average Bonchev–Trinajstić information content (AvgIpc) is 3.45. The number of benzene rings is 2. The standard InChI is InChI=1S/C24H24N4O2S/c1-16-8-10-17(11-9-16)23-26-21(30-27-23)12-13-22(29)28-14-4-5-18(15-28)24-25-19-6-2-3-7-20(19)31-24/h2-3,6-11,18H,4-5,12-15H2,1H3/t18-/m0/s1. The summed E-state index contributed by atoms with van der Waals surface area (Å²) in [7, 11) is 0. The number of hydrogen-bond donors (Lipinski definition) is 0. The number of aromatic nitrogens is 3. The molecule has 4 aromatic rings. The van der Waals surface area contributed by atoms with Crippen molar-refractivity contribution in [3.05, 3.63) is 65.0 Å². The number of likely N-dealkylation sites (tertiary alicyclic amines) is 1. The first-order chi connectivity index (χ1) is 15.2. The number of para-hydroxylation sites is 1. The summed E-state index contributed by atoms with van der Waals surface area (Å²) in [4.78, 5) is 24.1. The largest absolute Gasteiger partial charge is 0.342 e. The Kier molecular flexibility index (Phi) is 5.51. The molecule has 1 aliphatic rings. The Morgan fingerprint density at radius 3 is 2.84 bits per heavy atom. The Labute approximate surface area is 184 Å². The molecular formula is C24H24N4O2S. The molecule has 1 fully saturated rings. The van der Waals surface area contributed by atoms with Gasteiger partial charge in [-0.3, -0.25) is 4.79 Å². The highest BCUT2D eigenvalue weighted by Crippen LogP contribution is 2.33. The number of thiazole rings is 1. The molecule has 0 aliphatic carbocycles. The summed E-state index contributed by atoms with van der Waals surface area (Å²) in [5.74, 6) is 1.52. The van der Waals surface area contributed by atoms with Crippen LogP contribution in [0.25, 0.3) is 21.6 Å². The van der Waals surface area contributed by atoms with E-state index in [-0.39, 0.29) is 5.91 Å². The number of piperidine rings is 1. The minimum atomic E-state index is 0.140. The first-order valence-electron chi connectivity index (χ1n) is 10.7. The van der Waals surface area contributed by atoms with Crippen molar-refractivity contribution in [2.24, 2.45) is 0 Å². The van der Waals surface area contributed by atoms with E-state index in [1.54, 1.807) is 11.3 Å². The van der Waals surface area contributed by atoms with E-state index in [0.717, 1.165) is 42.0 Å². The summed E-state index contributed by atoms with van der Waals surface area (Å²) in [6.07, 6.45) is 2.92. The van der Waals surface area contributed by atoms with Gasteiger partial charge in [-0.1, -0.05) is 47.1 Å². The number of carbonyl (C=O) groups is 1. The van der Waals surface area contributed by atoms with Gasteiger partial charge in [-0.25, -0.2) is 4.98 Å². The Morgan fingerprint density at radius 2 is 2.00 bits per heavy atom. The number of nitrogens with zero attached hydrogens (tertiary/aromatic N) is 4. The molecule has 7 heteroatoms. The maximum absolute atomic E-state index is 12.9. The third kappa shape index (κ3) is 4.37. The number of aryl methyl sites for hydroxylation is 2. The van der Waals surface area contributed by atoms with Crippen LogP contribution in [-0.4, -0.2) is 39.0 Å². The fraction of sp³-hybridized carbons (Fsp3) is 0.333. The van der Waals surface area contributed by atoms with Crippen molar-refractivity contribution >= 4 is 27.5 Å². The molecule has 0 bridgehead atoms. The first kappa shape index (κ1) is 19.9. The molecule has 0 spiro atoms. The van der Waals surface area contributed by atoms with Crippen molar-refractivity contribution in [1.29, 1.82) is 0 Å². The van der Waals surface area contributed by atoms with Gasteiger partial charge in [0.25, 0.3) is 0 Å². The van der Waals surface area contributed by atoms with Gasteiger partial charge in [0.05, 0.1) is 15.2 Å². The van der Waals surface area contributed by atoms with E-state index in [0.29, 0.717) is 30.5 Å². The Bertz CT molecular complexity index is 1160. The molecule has 0 unspecified atom stereocenters. The highest BCUT2D eigenvalue weighted by Gasteiger charge is 2.27. The van der Waals surface area contributed by atoms with E-state index in [1.165, 1.54) is 10.3 Å². The molecule has 158 valence electrons. The molecule has 2 aromatic heterocycles. The van der Waals surface area contributed by atoms with Crippen molar-refractivity contribution in [1.82, 2.24) is 20.0 Å². The quantitative estimate of drug-likeness (QED) is 0.444. The van der Waals surface area contributed by atoms with Gasteiger partial charge in [-0.2, -0.15) is 4.98 Å². The molecule has 0 radical (unpaired) electrons. The summed E-state index contributed by atoms with van der Waals surface area (Å²) in [6, 6.07) is 16.2. The fourth-order valence-corrected chi connectivity index (χ4v) is 5.11. The first-order valence-corrected chi connectivity index (χ1v) is 11.5. The highest BCUT2D eigenvalue weighted by molar-refractivity contribution is 7.18. The molecule has 1 saturated heterocycles. The number of carbonyl (C=O) groups excluding carboxylic acids is 1. The topological polar surface area (TPSA) is 72.1 Å². The van der Waals surface area contributed by atoms with Gasteiger partial charge >= 0.3 is 0 Å². The van der Waals surface area contributed by atoms with Crippen LogP contribution in [0, 0.1) is 6.92 Å². The molecule has 0 saturated carbocycles. The summed E-state index contributed by atoms with van der Waals surface area (Å²) in [6.45, 7) is 3.58. The second-order valence-corrected chi connectivity index (χ2v) is 9.14. The minimum absolute atomic E-state index is 0.140. The van der Waals surface area contributed by atoms with E-state index in [9.17, 15) is 4.79 Å². The van der Waals surface area contributed by atoms with Crippen molar-refractivity contribution in [2.45, 2.75) is 38.5 Å². The Morgan fingerprint density at radius 1 is 1.16 bits per heavy atom. The van der Waals surface area contributed by atoms with Gasteiger partial charge in [0.15, 0.2) is 0 Å². The van der Waals surface area contributed by atoms with Crippen LogP contribution in [0.15, 0.2) is 53.1 Å². The molecule has 31 heavy (non-hydrogen) atoms. The van der Waals surface area contributed by atoms with Crippen LogP contribution in [0.2, 0.25) is 0 Å². The second kappa shape index (κ2) is 8.59. The summed E-state index contributed by atoms with van der Waals surface area (Å²) in [5, 5.41) is 5.20. The lowest BCUT2D eigenvalue weighted by Gasteiger charge is -2.31. The average molecular weight is 433 g/mol. The predicted molar refractivity (Wildman–Crippen MR) is 121 cm³/mol. The Hall–Kier alpha value is -3.06. The lowest BCUT2D eigenvalue weighted by atomic mass is 9.98. The maximum atomic E-state index is 12.9. The van der Waals surface area contributed by atoms with Crippen LogP contribution in [0.5, 0.6) is 0 Å². The smallest absolute Gasteiger partial charge is 0.227 e. The molecule has 0 N–H and O–H groups in total. The zero-order valence-electron chi connectivity index (χ0n) is 17.5. The third-order valence-electron chi connectivity index (χ3n) is 5.76. The third-order valence-corrected chi connectivity index (χ3v) is 6.96. The van der Waals surface area contributed by atoms with E-state index < -0.39 is 0 Å². The van der Waals surface area contributed by atoms with Gasteiger partial charge in [-0.15, -0.1) is 11.3 Å². The SMILES string of the molecule is Cc1ccc(-c2noc(CCC(=O)N3CCC[C@H](c4nc5ccccc5s4)C3)n2)cc1. The van der Waals surface area contributed by atoms with Crippen LogP contribution in [-0.2, 0) is 11.2 Å². The van der Waals surface area contributed by atoms with E-state index in [4.69, 9.17) is 9.51 Å². The highest BCUT2D eigenvalue weighted by atomic mass is 32.1. The normalized spacial score (nSPS) is 16.7. The number of amides is 1. The van der Waals surface area contributed by atoms with E-state index in [1.807, 2.05) is 48.2 Å². The molecule has 6 nitrogen and oxygen atoms in total. The van der Waals surface area contributed by atoms with Crippen LogP contribution >= 0.6 is 11.3 Å². The summed E-state index contributed by atoms with van der Waals surface area (Å²) >= 11 is 1.75. The van der Waals surface area contributed by atoms with Gasteiger partial charge in [-0.05, 0) is 31.9 Å². The van der Waals surface area contributed by atoms with Gasteiger partial charge in [0, 0.05) is 37.4 Å². The molecule has 3 heterocycles. The molecule has 2 aromatic carbocycles. The molecule has 1 aliphatic heterocycles. The molecule has 1 amide bonds. The van der Waals surface area contributed by atoms with Crippen LogP contribution in [0.3, 0.4) is 0 Å². The monoisotopic (exact) mass is 432 g/mol. The van der Waals surface area contributed by atoms with Crippen molar-refractivity contribution in [3.63, 3.8) is 0 Å². The lowest BCUT2D eigenvalue weighted by molar-refractivity contribution is -0.132. The zero-order chi connectivity index (χ0) is 21.2. The summed E-state index contributed by atoms with van der Waals surface area (Å²) < 4.78 is 6.58. The van der Waals surface area contributed by atoms with Crippen LogP contribution in [0.4, 0.5) is 0 Å². The van der Waals surface area contributed by atoms with Crippen molar-refractivity contribution in [2.75, 3.05) is 13.1 Å².